The van der Waals surface area contributed by atoms with Crippen molar-refractivity contribution in [3.05, 3.63) is 23.8 Å². The molecule has 0 amide bonds. The van der Waals surface area contributed by atoms with E-state index in [2.05, 4.69) is 4.40 Å². The molecule has 1 aromatic carbocycles. The van der Waals surface area contributed by atoms with E-state index in [9.17, 15) is 8.42 Å². The van der Waals surface area contributed by atoms with Gasteiger partial charge in [0, 0.05) is 11.3 Å². The first-order chi connectivity index (χ1) is 6.00. The van der Waals surface area contributed by atoms with Crippen LogP contribution in [0, 0.1) is 0 Å². The van der Waals surface area contributed by atoms with Crippen LogP contribution in [0.15, 0.2) is 27.5 Å². The van der Waals surface area contributed by atoms with E-state index in [-0.39, 0.29) is 10.7 Å². The fraction of sp³-hybridized carbons (Fsp3) is 0. The summed E-state index contributed by atoms with van der Waals surface area (Å²) in [5.74, 6) is 0.0231. The van der Waals surface area contributed by atoms with Crippen molar-refractivity contribution < 1.29 is 8.42 Å². The second-order valence-electron chi connectivity index (χ2n) is 2.71. The average molecular weight is 197 g/mol. The van der Waals surface area contributed by atoms with Crippen LogP contribution in [0.1, 0.15) is 5.56 Å². The molecule has 0 fully saturated rings. The summed E-state index contributed by atoms with van der Waals surface area (Å²) in [5.41, 5.74) is 11.7. The minimum Gasteiger partial charge on any atom is -0.399 e. The summed E-state index contributed by atoms with van der Waals surface area (Å²) in [6.45, 7) is 0. The van der Waals surface area contributed by atoms with E-state index in [0.717, 1.165) is 0 Å². The van der Waals surface area contributed by atoms with Gasteiger partial charge in [-0.15, -0.1) is 4.40 Å². The van der Waals surface area contributed by atoms with E-state index in [1.807, 2.05) is 0 Å². The van der Waals surface area contributed by atoms with E-state index in [1.165, 1.54) is 6.07 Å². The average Bonchev–Trinajstić information content (AvgIpc) is 2.23. The lowest BCUT2D eigenvalue weighted by Crippen LogP contribution is -2.10. The largest absolute Gasteiger partial charge is 0.399 e. The maximum absolute atomic E-state index is 11.3. The number of amidine groups is 1. The predicted molar refractivity (Wildman–Crippen MR) is 48.8 cm³/mol. The van der Waals surface area contributed by atoms with Crippen molar-refractivity contribution in [1.29, 1.82) is 0 Å². The molecular weight excluding hydrogens is 190 g/mol. The third-order valence-corrected chi connectivity index (χ3v) is 3.11. The van der Waals surface area contributed by atoms with Gasteiger partial charge in [0.2, 0.25) is 0 Å². The van der Waals surface area contributed by atoms with E-state index in [1.54, 1.807) is 12.1 Å². The number of fused-ring (bicyclic) bond motifs is 1. The Hall–Kier alpha value is -1.56. The Labute approximate surface area is 75.1 Å². The van der Waals surface area contributed by atoms with Crippen molar-refractivity contribution in [2.75, 3.05) is 5.73 Å². The number of hydrogen-bond donors (Lipinski definition) is 2. The number of hydrogen-bond acceptors (Lipinski definition) is 4. The van der Waals surface area contributed by atoms with Gasteiger partial charge in [0.25, 0.3) is 10.0 Å². The van der Waals surface area contributed by atoms with Crippen LogP contribution < -0.4 is 11.5 Å². The fourth-order valence-corrected chi connectivity index (χ4v) is 2.38. The fourth-order valence-electron chi connectivity index (χ4n) is 1.19. The van der Waals surface area contributed by atoms with Crippen LogP contribution in [0.2, 0.25) is 0 Å². The number of sulfonamides is 1. The maximum Gasteiger partial charge on any atom is 0.285 e. The van der Waals surface area contributed by atoms with Gasteiger partial charge in [-0.3, -0.25) is 0 Å². The van der Waals surface area contributed by atoms with Gasteiger partial charge in [0.1, 0.15) is 10.7 Å². The molecule has 13 heavy (non-hydrogen) atoms. The summed E-state index contributed by atoms with van der Waals surface area (Å²) in [6.07, 6.45) is 0. The Morgan fingerprint density at radius 3 is 2.62 bits per heavy atom. The van der Waals surface area contributed by atoms with Gasteiger partial charge in [-0.25, -0.2) is 0 Å². The van der Waals surface area contributed by atoms with Crippen molar-refractivity contribution >= 4 is 21.5 Å². The summed E-state index contributed by atoms with van der Waals surface area (Å²) in [7, 11) is -3.59. The molecule has 1 aliphatic rings. The van der Waals surface area contributed by atoms with Crippen LogP contribution in [-0.4, -0.2) is 14.3 Å². The molecule has 4 N–H and O–H groups in total. The third kappa shape index (κ3) is 1.06. The Kier molecular flexibility index (Phi) is 1.38. The van der Waals surface area contributed by atoms with E-state index in [4.69, 9.17) is 11.5 Å². The summed E-state index contributed by atoms with van der Waals surface area (Å²) in [6, 6.07) is 4.49. The molecule has 0 radical (unpaired) electrons. The number of rotatable bonds is 0. The number of nitrogen functional groups attached to an aromatic ring is 1. The molecule has 5 nitrogen and oxygen atoms in total. The predicted octanol–water partition coefficient (Wildman–Crippen LogP) is -0.324. The highest BCUT2D eigenvalue weighted by Gasteiger charge is 2.26. The molecule has 1 heterocycles. The van der Waals surface area contributed by atoms with Gasteiger partial charge >= 0.3 is 0 Å². The lowest BCUT2D eigenvalue weighted by molar-refractivity contribution is 0.599. The topological polar surface area (TPSA) is 98.5 Å². The minimum atomic E-state index is -3.59. The highest BCUT2D eigenvalue weighted by Crippen LogP contribution is 2.26. The monoisotopic (exact) mass is 197 g/mol. The summed E-state index contributed by atoms with van der Waals surface area (Å²) in [5, 5.41) is 0. The van der Waals surface area contributed by atoms with Crippen molar-refractivity contribution in [3.63, 3.8) is 0 Å². The summed E-state index contributed by atoms with van der Waals surface area (Å²) < 4.78 is 25.9. The molecule has 2 rings (SSSR count). The zero-order valence-electron chi connectivity index (χ0n) is 6.56. The molecule has 0 unspecified atom stereocenters. The van der Waals surface area contributed by atoms with Crippen molar-refractivity contribution in [1.82, 2.24) is 0 Å². The first-order valence-corrected chi connectivity index (χ1v) is 4.95. The van der Waals surface area contributed by atoms with Crippen LogP contribution in [-0.2, 0) is 10.0 Å². The highest BCUT2D eigenvalue weighted by molar-refractivity contribution is 7.90. The van der Waals surface area contributed by atoms with Crippen LogP contribution in [0.3, 0.4) is 0 Å². The number of benzene rings is 1. The second kappa shape index (κ2) is 2.23. The van der Waals surface area contributed by atoms with Crippen LogP contribution >= 0.6 is 0 Å². The molecular formula is C7H7N3O2S. The first-order valence-electron chi connectivity index (χ1n) is 3.51. The number of nitrogens with two attached hydrogens (primary N) is 2. The van der Waals surface area contributed by atoms with E-state index in [0.29, 0.717) is 11.3 Å². The molecule has 0 aliphatic carbocycles. The quantitative estimate of drug-likeness (QED) is 0.556. The van der Waals surface area contributed by atoms with Gasteiger partial charge in [-0.2, -0.15) is 8.42 Å². The zero-order valence-corrected chi connectivity index (χ0v) is 7.38. The number of anilines is 1. The standard InChI is InChI=1S/C7H7N3O2S/c8-4-1-2-5-6(3-4)13(11,12)10-7(5)9/h1-3H,8H2,(H2,9,10). The summed E-state index contributed by atoms with van der Waals surface area (Å²) >= 11 is 0. The number of nitrogens with zero attached hydrogens (tertiary/aromatic N) is 1. The molecule has 1 aromatic rings. The van der Waals surface area contributed by atoms with Gasteiger partial charge in [-0.05, 0) is 18.2 Å². The highest BCUT2D eigenvalue weighted by atomic mass is 32.2. The second-order valence-corrected chi connectivity index (χ2v) is 4.28. The van der Waals surface area contributed by atoms with Crippen LogP contribution in [0.5, 0.6) is 0 Å². The minimum absolute atomic E-state index is 0.0231. The lowest BCUT2D eigenvalue weighted by Gasteiger charge is -1.98. The van der Waals surface area contributed by atoms with Crippen molar-refractivity contribution in [2.45, 2.75) is 4.90 Å². The molecule has 1 aliphatic heterocycles. The summed E-state index contributed by atoms with van der Waals surface area (Å²) in [4.78, 5) is 0.0880. The molecule has 0 aromatic heterocycles. The van der Waals surface area contributed by atoms with E-state index >= 15 is 0 Å². The molecule has 0 saturated heterocycles. The molecule has 0 atom stereocenters. The van der Waals surface area contributed by atoms with Crippen LogP contribution in [0.4, 0.5) is 5.69 Å². The van der Waals surface area contributed by atoms with Crippen molar-refractivity contribution in [3.8, 4) is 0 Å². The van der Waals surface area contributed by atoms with Gasteiger partial charge in [0.15, 0.2) is 0 Å². The smallest absolute Gasteiger partial charge is 0.285 e. The van der Waals surface area contributed by atoms with Crippen molar-refractivity contribution in [2.24, 2.45) is 10.1 Å². The van der Waals surface area contributed by atoms with E-state index < -0.39 is 10.0 Å². The SMILES string of the molecule is NC1=NS(=O)(=O)c2cc(N)ccc21. The lowest BCUT2D eigenvalue weighted by atomic mass is 10.2. The molecule has 0 saturated carbocycles. The molecule has 0 spiro atoms. The maximum atomic E-state index is 11.3. The van der Waals surface area contributed by atoms with Gasteiger partial charge < -0.3 is 11.5 Å². The van der Waals surface area contributed by atoms with Gasteiger partial charge in [-0.1, -0.05) is 0 Å². The Morgan fingerprint density at radius 2 is 1.92 bits per heavy atom. The Morgan fingerprint density at radius 1 is 1.23 bits per heavy atom. The Bertz CT molecular complexity index is 504. The zero-order chi connectivity index (χ0) is 9.64. The third-order valence-electron chi connectivity index (χ3n) is 1.78. The molecule has 68 valence electrons. The molecule has 6 heteroatoms. The van der Waals surface area contributed by atoms with Crippen LogP contribution in [0.25, 0.3) is 0 Å². The first kappa shape index (κ1) is 8.06. The Balaban J connectivity index is 2.83. The van der Waals surface area contributed by atoms with Gasteiger partial charge in [0.05, 0.1) is 0 Å². The molecule has 0 bridgehead atoms. The normalized spacial score (nSPS) is 18.0.